The van der Waals surface area contributed by atoms with E-state index in [0.717, 1.165) is 11.1 Å². The predicted octanol–water partition coefficient (Wildman–Crippen LogP) is 3.42. The molecule has 2 aromatic rings. The van der Waals surface area contributed by atoms with Gasteiger partial charge in [0.1, 0.15) is 11.2 Å². The van der Waals surface area contributed by atoms with Crippen molar-refractivity contribution in [1.29, 1.82) is 0 Å². The molecule has 0 saturated carbocycles. The van der Waals surface area contributed by atoms with Crippen LogP contribution in [0.25, 0.3) is 0 Å². The Hall–Kier alpha value is -1.64. The summed E-state index contributed by atoms with van der Waals surface area (Å²) in [6.07, 6.45) is 0. The molecule has 2 atom stereocenters. The minimum Gasteiger partial charge on any atom is -0.382 e. The number of rotatable bonds is 3. The highest BCUT2D eigenvalue weighted by atomic mass is 16.4. The molecule has 106 valence electrons. The third-order valence-corrected chi connectivity index (χ3v) is 4.18. The summed E-state index contributed by atoms with van der Waals surface area (Å²) < 4.78 is 0. The van der Waals surface area contributed by atoms with Gasteiger partial charge in [0.15, 0.2) is 0 Å². The van der Waals surface area contributed by atoms with Gasteiger partial charge in [0, 0.05) is 0 Å². The highest BCUT2D eigenvalue weighted by Crippen LogP contribution is 2.40. The van der Waals surface area contributed by atoms with Crippen molar-refractivity contribution in [1.82, 2.24) is 0 Å². The van der Waals surface area contributed by atoms with Gasteiger partial charge in [-0.05, 0) is 38.8 Å². The molecule has 0 fully saturated rings. The van der Waals surface area contributed by atoms with Gasteiger partial charge in [-0.15, -0.1) is 0 Å². The van der Waals surface area contributed by atoms with Crippen molar-refractivity contribution in [2.24, 2.45) is 0 Å². The van der Waals surface area contributed by atoms with E-state index in [0.29, 0.717) is 11.1 Å². The summed E-state index contributed by atoms with van der Waals surface area (Å²) >= 11 is 0. The topological polar surface area (TPSA) is 40.5 Å². The summed E-state index contributed by atoms with van der Waals surface area (Å²) in [5.41, 5.74) is 0.924. The average molecular weight is 270 g/mol. The lowest BCUT2D eigenvalue weighted by atomic mass is 9.75. The molecule has 0 aromatic heterocycles. The molecule has 2 heteroatoms. The van der Waals surface area contributed by atoms with Crippen LogP contribution in [-0.4, -0.2) is 10.2 Å². The first-order chi connectivity index (χ1) is 9.25. The van der Waals surface area contributed by atoms with E-state index in [1.54, 1.807) is 13.8 Å². The molecule has 0 heterocycles. The first-order valence-electron chi connectivity index (χ1n) is 6.84. The number of aliphatic hydroxyl groups is 2. The lowest BCUT2D eigenvalue weighted by Gasteiger charge is -2.39. The number of benzene rings is 2. The van der Waals surface area contributed by atoms with Gasteiger partial charge in [0.2, 0.25) is 0 Å². The molecular formula is C18H22O2. The SMILES string of the molecule is Cc1ccc([C@](C)(O)[C@](C)(O)c2ccc(C)cc2)cc1. The quantitative estimate of drug-likeness (QED) is 0.897. The third-order valence-electron chi connectivity index (χ3n) is 4.18. The van der Waals surface area contributed by atoms with E-state index in [1.807, 2.05) is 62.4 Å². The molecule has 2 N–H and O–H groups in total. The summed E-state index contributed by atoms with van der Waals surface area (Å²) in [6.45, 7) is 7.29. The van der Waals surface area contributed by atoms with Crippen molar-refractivity contribution in [3.63, 3.8) is 0 Å². The lowest BCUT2D eigenvalue weighted by Crippen LogP contribution is -2.45. The zero-order valence-corrected chi connectivity index (χ0v) is 12.5. The number of hydrogen-bond acceptors (Lipinski definition) is 2. The molecule has 0 aliphatic heterocycles. The number of aryl methyl sites for hydroxylation is 2. The largest absolute Gasteiger partial charge is 0.382 e. The molecule has 2 rings (SSSR count). The Balaban J connectivity index is 2.45. The van der Waals surface area contributed by atoms with Gasteiger partial charge in [0.25, 0.3) is 0 Å². The molecule has 0 radical (unpaired) electrons. The van der Waals surface area contributed by atoms with Crippen molar-refractivity contribution in [3.8, 4) is 0 Å². The molecule has 2 nitrogen and oxygen atoms in total. The second-order valence-electron chi connectivity index (χ2n) is 5.88. The standard InChI is InChI=1S/C18H22O2/c1-13-5-9-15(10-6-13)17(3,19)18(4,20)16-11-7-14(2)8-12-16/h5-12,19-20H,1-4H3/t17-,18+. The smallest absolute Gasteiger partial charge is 0.119 e. The van der Waals surface area contributed by atoms with E-state index in [1.165, 1.54) is 0 Å². The van der Waals surface area contributed by atoms with E-state index in [9.17, 15) is 10.2 Å². The molecule has 0 spiro atoms. The second kappa shape index (κ2) is 5.04. The van der Waals surface area contributed by atoms with Crippen molar-refractivity contribution >= 4 is 0 Å². The van der Waals surface area contributed by atoms with E-state index in [4.69, 9.17) is 0 Å². The fourth-order valence-electron chi connectivity index (χ4n) is 2.32. The molecule has 0 saturated heterocycles. The van der Waals surface area contributed by atoms with E-state index in [2.05, 4.69) is 0 Å². The molecule has 0 unspecified atom stereocenters. The van der Waals surface area contributed by atoms with Crippen LogP contribution in [0.1, 0.15) is 36.1 Å². The maximum absolute atomic E-state index is 10.9. The fraction of sp³-hybridized carbons (Fsp3) is 0.333. The fourth-order valence-corrected chi connectivity index (χ4v) is 2.32. The first kappa shape index (κ1) is 14.8. The minimum atomic E-state index is -1.37. The van der Waals surface area contributed by atoms with Crippen molar-refractivity contribution in [3.05, 3.63) is 70.8 Å². The second-order valence-corrected chi connectivity index (χ2v) is 5.88. The normalized spacial score (nSPS) is 17.3. The van der Waals surface area contributed by atoms with E-state index >= 15 is 0 Å². The Morgan fingerprint density at radius 2 is 0.850 bits per heavy atom. The summed E-state index contributed by atoms with van der Waals surface area (Å²) in [4.78, 5) is 0. The molecule has 0 amide bonds. The average Bonchev–Trinajstić information content (AvgIpc) is 2.39. The maximum Gasteiger partial charge on any atom is 0.119 e. The van der Waals surface area contributed by atoms with Crippen LogP contribution >= 0.6 is 0 Å². The number of hydrogen-bond donors (Lipinski definition) is 2. The Kier molecular flexibility index (Phi) is 3.72. The zero-order valence-electron chi connectivity index (χ0n) is 12.5. The molecule has 0 aliphatic rings. The van der Waals surface area contributed by atoms with Crippen LogP contribution in [-0.2, 0) is 11.2 Å². The highest BCUT2D eigenvalue weighted by Gasteiger charge is 2.44. The van der Waals surface area contributed by atoms with Gasteiger partial charge in [-0.3, -0.25) is 0 Å². The summed E-state index contributed by atoms with van der Waals surface area (Å²) in [7, 11) is 0. The van der Waals surface area contributed by atoms with Crippen molar-refractivity contribution in [2.75, 3.05) is 0 Å². The van der Waals surface area contributed by atoms with Crippen LogP contribution in [0, 0.1) is 13.8 Å². The van der Waals surface area contributed by atoms with Crippen molar-refractivity contribution < 1.29 is 10.2 Å². The Morgan fingerprint density at radius 3 is 1.10 bits per heavy atom. The van der Waals surface area contributed by atoms with Crippen LogP contribution in [0.3, 0.4) is 0 Å². The van der Waals surface area contributed by atoms with Crippen LogP contribution < -0.4 is 0 Å². The van der Waals surface area contributed by atoms with Gasteiger partial charge in [-0.1, -0.05) is 59.7 Å². The van der Waals surface area contributed by atoms with Gasteiger partial charge in [-0.2, -0.15) is 0 Å². The Bertz CT molecular complexity index is 522. The molecule has 20 heavy (non-hydrogen) atoms. The molecule has 2 aromatic carbocycles. The van der Waals surface area contributed by atoms with Crippen LogP contribution in [0.5, 0.6) is 0 Å². The molecule has 0 bridgehead atoms. The first-order valence-corrected chi connectivity index (χ1v) is 6.84. The summed E-state index contributed by atoms with van der Waals surface area (Å²) in [5, 5.41) is 21.8. The van der Waals surface area contributed by atoms with Crippen molar-refractivity contribution in [2.45, 2.75) is 38.9 Å². The van der Waals surface area contributed by atoms with E-state index in [-0.39, 0.29) is 0 Å². The monoisotopic (exact) mass is 270 g/mol. The minimum absolute atomic E-state index is 0.702. The van der Waals surface area contributed by atoms with E-state index < -0.39 is 11.2 Å². The zero-order chi connectivity index (χ0) is 15.0. The predicted molar refractivity (Wildman–Crippen MR) is 81.5 cm³/mol. The molecule has 0 aliphatic carbocycles. The highest BCUT2D eigenvalue weighted by molar-refractivity contribution is 5.35. The van der Waals surface area contributed by atoms with Crippen LogP contribution in [0.15, 0.2) is 48.5 Å². The Morgan fingerprint density at radius 1 is 0.600 bits per heavy atom. The molecular weight excluding hydrogens is 248 g/mol. The van der Waals surface area contributed by atoms with Crippen LogP contribution in [0.2, 0.25) is 0 Å². The Labute approximate surface area is 120 Å². The van der Waals surface area contributed by atoms with Gasteiger partial charge in [-0.25, -0.2) is 0 Å². The maximum atomic E-state index is 10.9. The van der Waals surface area contributed by atoms with Gasteiger partial charge < -0.3 is 10.2 Å². The lowest BCUT2D eigenvalue weighted by molar-refractivity contribution is -0.143. The van der Waals surface area contributed by atoms with Crippen LogP contribution in [0.4, 0.5) is 0 Å². The van der Waals surface area contributed by atoms with Gasteiger partial charge >= 0.3 is 0 Å². The summed E-state index contributed by atoms with van der Waals surface area (Å²) in [6, 6.07) is 15.2. The third kappa shape index (κ3) is 2.49. The van der Waals surface area contributed by atoms with Gasteiger partial charge in [0.05, 0.1) is 0 Å². The summed E-state index contributed by atoms with van der Waals surface area (Å²) in [5.74, 6) is 0.